The Hall–Kier alpha value is -1.46. The highest BCUT2D eigenvalue weighted by Crippen LogP contribution is 2.27. The summed E-state index contributed by atoms with van der Waals surface area (Å²) in [7, 11) is 0. The zero-order valence-electron chi connectivity index (χ0n) is 12.8. The Morgan fingerprint density at radius 3 is 3.18 bits per heavy atom. The monoisotopic (exact) mass is 315 g/mol. The van der Waals surface area contributed by atoms with E-state index in [-0.39, 0.29) is 5.91 Å². The Labute approximate surface area is 134 Å². The zero-order chi connectivity index (χ0) is 15.1. The maximum absolute atomic E-state index is 12.5. The minimum atomic E-state index is 0.0563. The van der Waals surface area contributed by atoms with Gasteiger partial charge in [0.15, 0.2) is 0 Å². The number of hydrogen-bond donors (Lipinski definition) is 1. The number of fused-ring (bicyclic) bond motifs is 3. The second kappa shape index (κ2) is 5.63. The fourth-order valence-corrected chi connectivity index (χ4v) is 4.64. The fourth-order valence-electron chi connectivity index (χ4n) is 3.70. The maximum Gasteiger partial charge on any atom is 0.251 e. The summed E-state index contributed by atoms with van der Waals surface area (Å²) < 4.78 is 1.11. The summed E-state index contributed by atoms with van der Waals surface area (Å²) in [6.45, 7) is 5.53. The molecule has 116 valence electrons. The first-order valence-electron chi connectivity index (χ1n) is 8.14. The quantitative estimate of drug-likeness (QED) is 0.947. The van der Waals surface area contributed by atoms with E-state index < -0.39 is 0 Å². The topological polar surface area (TPSA) is 45.2 Å². The van der Waals surface area contributed by atoms with Gasteiger partial charge in [-0.2, -0.15) is 0 Å². The second-order valence-corrected chi connectivity index (χ2v) is 7.58. The molecule has 2 bridgehead atoms. The van der Waals surface area contributed by atoms with Crippen molar-refractivity contribution in [3.8, 4) is 0 Å². The summed E-state index contributed by atoms with van der Waals surface area (Å²) in [5.41, 5.74) is 1.76. The highest BCUT2D eigenvalue weighted by atomic mass is 32.1. The van der Waals surface area contributed by atoms with Crippen LogP contribution in [0.3, 0.4) is 0 Å². The van der Waals surface area contributed by atoms with Crippen LogP contribution in [0.1, 0.15) is 35.1 Å². The van der Waals surface area contributed by atoms with Gasteiger partial charge in [0.1, 0.15) is 0 Å². The Morgan fingerprint density at radius 1 is 1.45 bits per heavy atom. The molecule has 1 aromatic carbocycles. The van der Waals surface area contributed by atoms with Crippen molar-refractivity contribution in [3.63, 3.8) is 0 Å². The molecular weight excluding hydrogens is 294 g/mol. The molecular formula is C17H21N3OS. The maximum atomic E-state index is 12.5. The number of thiazole rings is 1. The molecule has 22 heavy (non-hydrogen) atoms. The molecule has 0 saturated carbocycles. The number of benzene rings is 1. The number of hydrogen-bond acceptors (Lipinski definition) is 4. The average molecular weight is 315 g/mol. The van der Waals surface area contributed by atoms with Crippen LogP contribution in [0.15, 0.2) is 18.2 Å². The van der Waals surface area contributed by atoms with Gasteiger partial charge in [0.25, 0.3) is 5.91 Å². The van der Waals surface area contributed by atoms with Gasteiger partial charge in [0.2, 0.25) is 0 Å². The molecule has 0 aliphatic carbocycles. The van der Waals surface area contributed by atoms with E-state index in [1.54, 1.807) is 11.3 Å². The van der Waals surface area contributed by atoms with Crippen molar-refractivity contribution in [1.29, 1.82) is 0 Å². The molecule has 4 nitrogen and oxygen atoms in total. The molecule has 1 aromatic heterocycles. The number of aryl methyl sites for hydroxylation is 1. The number of nitrogens with one attached hydrogen (secondary N) is 1. The molecule has 2 fully saturated rings. The van der Waals surface area contributed by atoms with Crippen LogP contribution in [0.4, 0.5) is 0 Å². The Balaban J connectivity index is 1.50. The molecule has 3 unspecified atom stereocenters. The third kappa shape index (κ3) is 2.63. The van der Waals surface area contributed by atoms with Gasteiger partial charge in [-0.1, -0.05) is 6.92 Å². The van der Waals surface area contributed by atoms with Gasteiger partial charge in [0, 0.05) is 24.7 Å². The fraction of sp³-hybridized carbons (Fsp3) is 0.529. The number of rotatable bonds is 3. The second-order valence-electron chi connectivity index (χ2n) is 6.46. The number of piperidine rings is 1. The van der Waals surface area contributed by atoms with Crippen molar-refractivity contribution < 1.29 is 4.79 Å². The molecule has 1 N–H and O–H groups in total. The van der Waals surface area contributed by atoms with Crippen LogP contribution in [0.2, 0.25) is 0 Å². The van der Waals surface area contributed by atoms with Gasteiger partial charge in [0.05, 0.1) is 15.2 Å². The van der Waals surface area contributed by atoms with Crippen molar-refractivity contribution in [1.82, 2.24) is 15.2 Å². The molecule has 2 aromatic rings. The average Bonchev–Trinajstić information content (AvgIpc) is 3.09. The third-order valence-corrected chi connectivity index (χ3v) is 5.96. The molecule has 3 heterocycles. The molecule has 3 atom stereocenters. The Morgan fingerprint density at radius 2 is 2.36 bits per heavy atom. The summed E-state index contributed by atoms with van der Waals surface area (Å²) in [5.74, 6) is 0.830. The van der Waals surface area contributed by atoms with Crippen LogP contribution in [0.25, 0.3) is 10.2 Å². The predicted molar refractivity (Wildman–Crippen MR) is 89.4 cm³/mol. The molecule has 5 heteroatoms. The van der Waals surface area contributed by atoms with E-state index in [1.165, 1.54) is 19.5 Å². The highest BCUT2D eigenvalue weighted by Gasteiger charge is 2.32. The van der Waals surface area contributed by atoms with Gasteiger partial charge in [-0.25, -0.2) is 4.98 Å². The van der Waals surface area contributed by atoms with E-state index in [2.05, 4.69) is 22.1 Å². The summed E-state index contributed by atoms with van der Waals surface area (Å²) in [4.78, 5) is 19.5. The number of aromatic nitrogens is 1. The van der Waals surface area contributed by atoms with Crippen LogP contribution >= 0.6 is 11.3 Å². The van der Waals surface area contributed by atoms with Gasteiger partial charge in [-0.15, -0.1) is 11.3 Å². The smallest absolute Gasteiger partial charge is 0.251 e. The van der Waals surface area contributed by atoms with Gasteiger partial charge < -0.3 is 10.2 Å². The minimum absolute atomic E-state index is 0.0563. The molecule has 0 radical (unpaired) electrons. The number of nitrogens with zero attached hydrogens (tertiary/aromatic N) is 2. The van der Waals surface area contributed by atoms with Gasteiger partial charge in [-0.05, 0) is 49.9 Å². The normalized spacial score (nSPS) is 27.2. The van der Waals surface area contributed by atoms with E-state index in [9.17, 15) is 4.79 Å². The van der Waals surface area contributed by atoms with Crippen molar-refractivity contribution in [2.75, 3.05) is 19.6 Å². The summed E-state index contributed by atoms with van der Waals surface area (Å²) in [6, 6.07) is 6.15. The summed E-state index contributed by atoms with van der Waals surface area (Å²) in [6.07, 6.45) is 3.37. The van der Waals surface area contributed by atoms with E-state index in [4.69, 9.17) is 0 Å². The number of amides is 1. The Kier molecular flexibility index (Phi) is 3.62. The SMILES string of the molecule is CCc1nc2ccc(C(=O)NC3CC4CCN(C4)C3)cc2s1. The number of carbonyl (C=O) groups excluding carboxylic acids is 1. The van der Waals surface area contributed by atoms with E-state index in [1.807, 2.05) is 18.2 Å². The first-order valence-corrected chi connectivity index (χ1v) is 8.95. The lowest BCUT2D eigenvalue weighted by atomic mass is 9.96. The van der Waals surface area contributed by atoms with Crippen molar-refractivity contribution >= 4 is 27.5 Å². The van der Waals surface area contributed by atoms with Crippen LogP contribution in [0, 0.1) is 5.92 Å². The van der Waals surface area contributed by atoms with Crippen LogP contribution < -0.4 is 5.32 Å². The summed E-state index contributed by atoms with van der Waals surface area (Å²) >= 11 is 1.69. The zero-order valence-corrected chi connectivity index (χ0v) is 13.7. The van der Waals surface area contributed by atoms with Crippen molar-refractivity contribution in [2.45, 2.75) is 32.2 Å². The summed E-state index contributed by atoms with van der Waals surface area (Å²) in [5, 5.41) is 4.35. The molecule has 4 rings (SSSR count). The molecule has 2 aliphatic heterocycles. The third-order valence-electron chi connectivity index (χ3n) is 4.80. The van der Waals surface area contributed by atoms with Crippen LogP contribution in [0.5, 0.6) is 0 Å². The van der Waals surface area contributed by atoms with E-state index >= 15 is 0 Å². The molecule has 0 spiro atoms. The van der Waals surface area contributed by atoms with E-state index in [0.717, 1.165) is 46.1 Å². The Bertz CT molecular complexity index is 699. The largest absolute Gasteiger partial charge is 0.348 e. The van der Waals surface area contributed by atoms with Crippen molar-refractivity contribution in [3.05, 3.63) is 28.8 Å². The lowest BCUT2D eigenvalue weighted by Gasteiger charge is -2.30. The van der Waals surface area contributed by atoms with Crippen LogP contribution in [-0.4, -0.2) is 41.5 Å². The van der Waals surface area contributed by atoms with Gasteiger partial charge >= 0.3 is 0 Å². The van der Waals surface area contributed by atoms with Crippen molar-refractivity contribution in [2.24, 2.45) is 5.92 Å². The molecule has 1 amide bonds. The molecule has 2 saturated heterocycles. The first-order chi connectivity index (χ1) is 10.7. The van der Waals surface area contributed by atoms with Crippen LogP contribution in [-0.2, 0) is 6.42 Å². The lowest BCUT2D eigenvalue weighted by Crippen LogP contribution is -2.47. The molecule has 2 aliphatic rings. The first kappa shape index (κ1) is 14.2. The highest BCUT2D eigenvalue weighted by molar-refractivity contribution is 7.18. The predicted octanol–water partition coefficient (Wildman–Crippen LogP) is 2.68. The lowest BCUT2D eigenvalue weighted by molar-refractivity contribution is 0.0909. The standard InChI is InChI=1S/C17H21N3OS/c1-2-16-19-14-4-3-12(8-15(14)22-16)17(21)18-13-7-11-5-6-20(9-11)10-13/h3-4,8,11,13H,2,5-7,9-10H2,1H3,(H,18,21). The minimum Gasteiger partial charge on any atom is -0.348 e. The van der Waals surface area contributed by atoms with Gasteiger partial charge in [-0.3, -0.25) is 4.79 Å². The van der Waals surface area contributed by atoms with E-state index in [0.29, 0.717) is 6.04 Å². The number of carbonyl (C=O) groups is 1.